The largest absolute Gasteiger partial charge is 0.412 e. The van der Waals surface area contributed by atoms with Gasteiger partial charge in [0, 0.05) is 13.1 Å². The van der Waals surface area contributed by atoms with Crippen LogP contribution in [0, 0.1) is 0 Å². The number of carbonyl (C=O) groups is 1. The van der Waals surface area contributed by atoms with E-state index in [0.717, 1.165) is 0 Å². The number of para-hydroxylation sites is 1. The van der Waals surface area contributed by atoms with E-state index in [2.05, 4.69) is 11.9 Å². The van der Waals surface area contributed by atoms with E-state index in [1.165, 1.54) is 0 Å². The summed E-state index contributed by atoms with van der Waals surface area (Å²) in [6.07, 6.45) is 1.49. The van der Waals surface area contributed by atoms with Crippen LogP contribution in [-0.2, 0) is 0 Å². The molecule has 0 saturated carbocycles. The minimum absolute atomic E-state index is 0.0403. The summed E-state index contributed by atoms with van der Waals surface area (Å²) in [5.74, 6) is 0.429. The molecule has 4 nitrogen and oxygen atoms in total. The van der Waals surface area contributed by atoms with Crippen LogP contribution in [0.4, 0.5) is 9.18 Å². The number of nitrogens with one attached hydrogen (secondary N) is 1. The van der Waals surface area contributed by atoms with Crippen LogP contribution in [0.15, 0.2) is 54.9 Å². The van der Waals surface area contributed by atoms with Crippen molar-refractivity contribution in [3.05, 3.63) is 54.9 Å². The van der Waals surface area contributed by atoms with Gasteiger partial charge in [-0.15, -0.1) is 6.58 Å². The highest BCUT2D eigenvalue weighted by Crippen LogP contribution is 2.08. The number of carbonyl (C=O) groups excluding carboxylic acids is 1. The van der Waals surface area contributed by atoms with Gasteiger partial charge in [-0.3, -0.25) is 0 Å². The standard InChI is InChI=1S/C11H13FN2O2.C3H6/c12-6-9(7-13)8-14-11(15)16-10-4-2-1-3-5-10;1-3-2/h1-6H,7-8,13H2,(H,14,15);3H,1H2,2H3/b9-6+;. The van der Waals surface area contributed by atoms with Crippen molar-refractivity contribution in [2.45, 2.75) is 6.92 Å². The lowest BCUT2D eigenvalue weighted by Crippen LogP contribution is -2.30. The highest BCUT2D eigenvalue weighted by molar-refractivity contribution is 5.70. The number of benzene rings is 1. The molecule has 0 fully saturated rings. The Balaban J connectivity index is 0.000000982. The third-order valence-corrected chi connectivity index (χ3v) is 1.83. The molecule has 0 heterocycles. The van der Waals surface area contributed by atoms with Crippen LogP contribution in [-0.4, -0.2) is 19.2 Å². The van der Waals surface area contributed by atoms with Crippen LogP contribution in [0.25, 0.3) is 0 Å². The van der Waals surface area contributed by atoms with E-state index in [-0.39, 0.29) is 13.1 Å². The summed E-state index contributed by atoms with van der Waals surface area (Å²) in [7, 11) is 0. The van der Waals surface area contributed by atoms with Gasteiger partial charge in [-0.05, 0) is 24.6 Å². The van der Waals surface area contributed by atoms with E-state index in [1.54, 1.807) is 30.3 Å². The van der Waals surface area contributed by atoms with Crippen molar-refractivity contribution in [1.29, 1.82) is 0 Å². The maximum Gasteiger partial charge on any atom is 0.412 e. The average molecular weight is 266 g/mol. The molecule has 0 unspecified atom stereocenters. The molecule has 0 aliphatic carbocycles. The Morgan fingerprint density at radius 2 is 2.05 bits per heavy atom. The summed E-state index contributed by atoms with van der Waals surface area (Å²) in [6, 6.07) is 8.59. The summed E-state index contributed by atoms with van der Waals surface area (Å²) in [6.45, 7) is 5.35. The minimum atomic E-state index is -0.640. The van der Waals surface area contributed by atoms with Crippen LogP contribution in [0.2, 0.25) is 0 Å². The number of hydrogen-bond donors (Lipinski definition) is 2. The molecule has 0 radical (unpaired) electrons. The summed E-state index contributed by atoms with van der Waals surface area (Å²) < 4.78 is 17.0. The third-order valence-electron chi connectivity index (χ3n) is 1.83. The van der Waals surface area contributed by atoms with Gasteiger partial charge >= 0.3 is 6.09 Å². The SMILES string of the molecule is C=CC.NC/C(=C\F)CNC(=O)Oc1ccccc1. The fraction of sp³-hybridized carbons (Fsp3) is 0.214. The summed E-state index contributed by atoms with van der Waals surface area (Å²) in [5.41, 5.74) is 5.52. The number of hydrogen-bond acceptors (Lipinski definition) is 3. The van der Waals surface area contributed by atoms with Crippen molar-refractivity contribution < 1.29 is 13.9 Å². The third kappa shape index (κ3) is 8.57. The molecule has 0 saturated heterocycles. The van der Waals surface area contributed by atoms with Gasteiger partial charge in [-0.25, -0.2) is 9.18 Å². The Hall–Kier alpha value is -2.14. The molecule has 104 valence electrons. The summed E-state index contributed by atoms with van der Waals surface area (Å²) in [4.78, 5) is 11.2. The zero-order valence-electron chi connectivity index (χ0n) is 10.9. The Labute approximate surface area is 112 Å². The minimum Gasteiger partial charge on any atom is -0.410 e. The molecule has 19 heavy (non-hydrogen) atoms. The molecule has 1 amide bonds. The lowest BCUT2D eigenvalue weighted by molar-refractivity contribution is 0.201. The molecule has 0 atom stereocenters. The lowest BCUT2D eigenvalue weighted by atomic mass is 10.3. The van der Waals surface area contributed by atoms with E-state index in [9.17, 15) is 9.18 Å². The molecule has 5 heteroatoms. The second kappa shape index (κ2) is 11.0. The highest BCUT2D eigenvalue weighted by Gasteiger charge is 2.04. The lowest BCUT2D eigenvalue weighted by Gasteiger charge is -2.06. The van der Waals surface area contributed by atoms with E-state index >= 15 is 0 Å². The number of allylic oxidation sites excluding steroid dienone is 1. The van der Waals surface area contributed by atoms with Crippen molar-refractivity contribution >= 4 is 6.09 Å². The van der Waals surface area contributed by atoms with Gasteiger partial charge in [0.15, 0.2) is 0 Å². The Morgan fingerprint density at radius 3 is 2.53 bits per heavy atom. The first-order valence-electron chi connectivity index (χ1n) is 5.73. The molecule has 1 rings (SSSR count). The predicted molar refractivity (Wildman–Crippen MR) is 74.6 cm³/mol. The van der Waals surface area contributed by atoms with Crippen LogP contribution < -0.4 is 15.8 Å². The molecule has 0 aliphatic rings. The Bertz CT molecular complexity index is 405. The molecule has 1 aromatic carbocycles. The number of rotatable bonds is 4. The van der Waals surface area contributed by atoms with Gasteiger partial charge in [-0.1, -0.05) is 24.3 Å². The zero-order chi connectivity index (χ0) is 14.5. The molecular formula is C14H19FN2O2. The van der Waals surface area contributed by atoms with E-state index in [1.807, 2.05) is 13.0 Å². The van der Waals surface area contributed by atoms with E-state index in [4.69, 9.17) is 10.5 Å². The average Bonchev–Trinajstić information content (AvgIpc) is 2.42. The van der Waals surface area contributed by atoms with Crippen molar-refractivity contribution in [3.63, 3.8) is 0 Å². The monoisotopic (exact) mass is 266 g/mol. The van der Waals surface area contributed by atoms with Crippen molar-refractivity contribution in [3.8, 4) is 5.75 Å². The number of ether oxygens (including phenoxy) is 1. The fourth-order valence-electron chi connectivity index (χ4n) is 0.973. The molecule has 1 aromatic rings. The first kappa shape index (κ1) is 16.9. The van der Waals surface area contributed by atoms with Gasteiger partial charge in [0.05, 0.1) is 6.33 Å². The molecule has 0 aliphatic heterocycles. The Morgan fingerprint density at radius 1 is 1.47 bits per heavy atom. The van der Waals surface area contributed by atoms with Gasteiger partial charge in [-0.2, -0.15) is 0 Å². The maximum atomic E-state index is 12.1. The van der Waals surface area contributed by atoms with Gasteiger partial charge < -0.3 is 15.8 Å². The zero-order valence-corrected chi connectivity index (χ0v) is 10.9. The van der Waals surface area contributed by atoms with Crippen LogP contribution >= 0.6 is 0 Å². The smallest absolute Gasteiger partial charge is 0.410 e. The number of amides is 1. The highest BCUT2D eigenvalue weighted by atomic mass is 19.1. The van der Waals surface area contributed by atoms with Crippen LogP contribution in [0.3, 0.4) is 0 Å². The first-order valence-corrected chi connectivity index (χ1v) is 5.73. The molecule has 0 spiro atoms. The van der Waals surface area contributed by atoms with Gasteiger partial charge in [0.1, 0.15) is 5.75 Å². The van der Waals surface area contributed by atoms with Gasteiger partial charge in [0.2, 0.25) is 0 Å². The van der Waals surface area contributed by atoms with E-state index in [0.29, 0.717) is 17.7 Å². The fourth-order valence-corrected chi connectivity index (χ4v) is 0.973. The van der Waals surface area contributed by atoms with Crippen molar-refractivity contribution in [1.82, 2.24) is 5.32 Å². The summed E-state index contributed by atoms with van der Waals surface area (Å²) in [5, 5.41) is 2.38. The molecule has 3 N–H and O–H groups in total. The molecule has 0 aromatic heterocycles. The maximum absolute atomic E-state index is 12.1. The topological polar surface area (TPSA) is 64.3 Å². The first-order chi connectivity index (χ1) is 9.17. The van der Waals surface area contributed by atoms with Crippen molar-refractivity contribution in [2.24, 2.45) is 5.73 Å². The van der Waals surface area contributed by atoms with Crippen LogP contribution in [0.5, 0.6) is 5.75 Å². The second-order valence-electron chi connectivity index (χ2n) is 3.44. The van der Waals surface area contributed by atoms with Crippen molar-refractivity contribution in [2.75, 3.05) is 13.1 Å². The van der Waals surface area contributed by atoms with Crippen LogP contribution in [0.1, 0.15) is 6.92 Å². The molecular weight excluding hydrogens is 247 g/mol. The second-order valence-corrected chi connectivity index (χ2v) is 3.44. The number of nitrogens with two attached hydrogens (primary N) is 1. The number of halogens is 1. The molecule has 0 bridgehead atoms. The summed E-state index contributed by atoms with van der Waals surface area (Å²) >= 11 is 0. The normalized spacial score (nSPS) is 9.95. The Kier molecular flexibility index (Phi) is 9.74. The quantitative estimate of drug-likeness (QED) is 0.824. The van der Waals surface area contributed by atoms with E-state index < -0.39 is 6.09 Å². The van der Waals surface area contributed by atoms with Gasteiger partial charge in [0.25, 0.3) is 0 Å². The predicted octanol–water partition coefficient (Wildman–Crippen LogP) is 2.78.